The van der Waals surface area contributed by atoms with Crippen LogP contribution in [0.25, 0.3) is 88.8 Å². The predicted molar refractivity (Wildman–Crippen MR) is 177 cm³/mol. The smallest absolute Gasteiger partial charge is 0.182 e. The molecule has 0 amide bonds. The molecule has 0 aliphatic heterocycles. The molecule has 6 nitrogen and oxygen atoms in total. The molecule has 0 aliphatic carbocycles. The Bertz CT molecular complexity index is 2650. The zero-order valence-electron chi connectivity index (χ0n) is 23.4. The van der Waals surface area contributed by atoms with Crippen LogP contribution in [0, 0.1) is 0 Å². The monoisotopic (exact) mass is 562 g/mol. The Morgan fingerprint density at radius 2 is 0.955 bits per heavy atom. The molecule has 0 radical (unpaired) electrons. The van der Waals surface area contributed by atoms with Crippen LogP contribution < -0.4 is 0 Å². The van der Waals surface area contributed by atoms with Gasteiger partial charge in [-0.05, 0) is 30.3 Å². The number of benzene rings is 5. The standard InChI is InChI=1S/C38H22N6/c1-3-9-23(10-4-1)30-22-31(24-11-5-2-6-12-24)42-36(41-30)25-15-18-33-29(21-25)28-17-16-27-26-13-7-8-14-32(26)43-34(27)35(28)44(33)38-37(43)39-19-20-40-38/h1-22H. The summed E-state index contributed by atoms with van der Waals surface area (Å²) >= 11 is 0. The van der Waals surface area contributed by atoms with Gasteiger partial charge < -0.3 is 0 Å². The summed E-state index contributed by atoms with van der Waals surface area (Å²) in [6.07, 6.45) is 3.55. The van der Waals surface area contributed by atoms with E-state index in [4.69, 9.17) is 19.9 Å². The Balaban J connectivity index is 1.30. The molecule has 0 saturated carbocycles. The second-order valence-electron chi connectivity index (χ2n) is 11.2. The average molecular weight is 563 g/mol. The average Bonchev–Trinajstić information content (AvgIpc) is 3.62. The zero-order chi connectivity index (χ0) is 28.8. The molecule has 0 saturated heterocycles. The van der Waals surface area contributed by atoms with Crippen LogP contribution in [0.4, 0.5) is 0 Å². The fourth-order valence-corrected chi connectivity index (χ4v) is 6.86. The highest BCUT2D eigenvalue weighted by Gasteiger charge is 2.23. The largest absolute Gasteiger partial charge is 0.289 e. The van der Waals surface area contributed by atoms with E-state index in [9.17, 15) is 0 Å². The lowest BCUT2D eigenvalue weighted by atomic mass is 10.0. The maximum atomic E-state index is 5.09. The van der Waals surface area contributed by atoms with E-state index in [1.807, 2.05) is 36.4 Å². The van der Waals surface area contributed by atoms with E-state index in [1.54, 1.807) is 12.4 Å². The molecule has 0 bridgehead atoms. The van der Waals surface area contributed by atoms with Crippen LogP contribution in [-0.2, 0) is 0 Å². The molecular formula is C38H22N6. The quantitative estimate of drug-likeness (QED) is 0.202. The molecule has 5 aromatic carbocycles. The van der Waals surface area contributed by atoms with E-state index in [0.717, 1.165) is 72.2 Å². The normalized spacial score (nSPS) is 12.1. The van der Waals surface area contributed by atoms with Crippen LogP contribution in [0.1, 0.15) is 0 Å². The van der Waals surface area contributed by atoms with Crippen molar-refractivity contribution in [3.05, 3.63) is 134 Å². The Morgan fingerprint density at radius 1 is 0.409 bits per heavy atom. The number of hydrogen-bond acceptors (Lipinski definition) is 4. The number of rotatable bonds is 3. The SMILES string of the molecule is c1ccc(-c2cc(-c3ccccc3)nc(-c3ccc4c(c3)c3ccc5c6ccccc6n6c7nccnc7n4c3c56)n2)cc1. The first-order chi connectivity index (χ1) is 21.8. The number of para-hydroxylation sites is 1. The van der Waals surface area contributed by atoms with Crippen LogP contribution in [0.15, 0.2) is 134 Å². The van der Waals surface area contributed by atoms with E-state index in [0.29, 0.717) is 5.82 Å². The molecule has 0 atom stereocenters. The molecule has 6 heteroatoms. The van der Waals surface area contributed by atoms with Crippen molar-refractivity contribution in [3.63, 3.8) is 0 Å². The summed E-state index contributed by atoms with van der Waals surface area (Å²) in [7, 11) is 0. The van der Waals surface area contributed by atoms with Crippen molar-refractivity contribution in [1.29, 1.82) is 0 Å². The molecule has 0 aliphatic rings. The predicted octanol–water partition coefficient (Wildman–Crippen LogP) is 8.82. The minimum atomic E-state index is 0.693. The van der Waals surface area contributed by atoms with Gasteiger partial charge >= 0.3 is 0 Å². The van der Waals surface area contributed by atoms with Crippen molar-refractivity contribution in [2.24, 2.45) is 0 Å². The van der Waals surface area contributed by atoms with E-state index in [-0.39, 0.29) is 0 Å². The van der Waals surface area contributed by atoms with Gasteiger partial charge in [0.25, 0.3) is 0 Å². The molecule has 10 aromatic rings. The molecule has 0 fully saturated rings. The van der Waals surface area contributed by atoms with Crippen LogP contribution in [0.5, 0.6) is 0 Å². The highest BCUT2D eigenvalue weighted by atomic mass is 15.1. The van der Waals surface area contributed by atoms with Gasteiger partial charge in [0.15, 0.2) is 17.1 Å². The summed E-state index contributed by atoms with van der Waals surface area (Å²) in [6, 6.07) is 42.2. The van der Waals surface area contributed by atoms with Crippen LogP contribution in [0.3, 0.4) is 0 Å². The first kappa shape index (κ1) is 23.4. The van der Waals surface area contributed by atoms with Crippen molar-refractivity contribution >= 4 is 54.9 Å². The molecule has 204 valence electrons. The molecular weight excluding hydrogens is 540 g/mol. The summed E-state index contributed by atoms with van der Waals surface area (Å²) in [5.74, 6) is 0.693. The van der Waals surface area contributed by atoms with E-state index >= 15 is 0 Å². The molecule has 0 unspecified atom stereocenters. The minimum Gasteiger partial charge on any atom is -0.289 e. The lowest BCUT2D eigenvalue weighted by Gasteiger charge is -2.10. The molecule has 0 N–H and O–H groups in total. The molecule has 10 rings (SSSR count). The van der Waals surface area contributed by atoms with E-state index in [1.165, 1.54) is 10.8 Å². The maximum absolute atomic E-state index is 5.09. The van der Waals surface area contributed by atoms with Gasteiger partial charge in [0.2, 0.25) is 0 Å². The highest BCUT2D eigenvalue weighted by molar-refractivity contribution is 6.25. The van der Waals surface area contributed by atoms with Gasteiger partial charge in [-0.2, -0.15) is 0 Å². The summed E-state index contributed by atoms with van der Waals surface area (Å²) in [5, 5.41) is 4.71. The Hall–Kier alpha value is -6.14. The molecule has 44 heavy (non-hydrogen) atoms. The summed E-state index contributed by atoms with van der Waals surface area (Å²) in [6.45, 7) is 0. The number of aromatic nitrogens is 6. The minimum absolute atomic E-state index is 0.693. The third-order valence-electron chi connectivity index (χ3n) is 8.77. The molecule has 0 spiro atoms. The summed E-state index contributed by atoms with van der Waals surface area (Å²) in [4.78, 5) is 19.9. The van der Waals surface area contributed by atoms with Gasteiger partial charge in [0.1, 0.15) is 0 Å². The van der Waals surface area contributed by atoms with Crippen LogP contribution >= 0.6 is 0 Å². The Kier molecular flexibility index (Phi) is 4.63. The first-order valence-electron chi connectivity index (χ1n) is 14.7. The number of fused-ring (bicyclic) bond motifs is 9. The third-order valence-corrected chi connectivity index (χ3v) is 8.77. The van der Waals surface area contributed by atoms with Crippen molar-refractivity contribution < 1.29 is 0 Å². The summed E-state index contributed by atoms with van der Waals surface area (Å²) in [5.41, 5.74) is 11.0. The lowest BCUT2D eigenvalue weighted by Crippen LogP contribution is -2.00. The van der Waals surface area contributed by atoms with Gasteiger partial charge in [-0.3, -0.25) is 8.80 Å². The number of nitrogens with zero attached hydrogens (tertiary/aromatic N) is 6. The fourth-order valence-electron chi connectivity index (χ4n) is 6.86. The van der Waals surface area contributed by atoms with Crippen molar-refractivity contribution in [3.8, 4) is 33.9 Å². The zero-order valence-corrected chi connectivity index (χ0v) is 23.4. The summed E-state index contributed by atoms with van der Waals surface area (Å²) < 4.78 is 4.54. The maximum Gasteiger partial charge on any atom is 0.182 e. The van der Waals surface area contributed by atoms with E-state index < -0.39 is 0 Å². The molecule has 5 heterocycles. The van der Waals surface area contributed by atoms with Gasteiger partial charge in [0.05, 0.1) is 33.5 Å². The van der Waals surface area contributed by atoms with Crippen LogP contribution in [-0.4, -0.2) is 28.7 Å². The van der Waals surface area contributed by atoms with Crippen LogP contribution in [0.2, 0.25) is 0 Å². The highest BCUT2D eigenvalue weighted by Crippen LogP contribution is 2.42. The van der Waals surface area contributed by atoms with Crippen molar-refractivity contribution in [2.45, 2.75) is 0 Å². The van der Waals surface area contributed by atoms with Crippen molar-refractivity contribution in [1.82, 2.24) is 28.7 Å². The first-order valence-corrected chi connectivity index (χ1v) is 14.7. The van der Waals surface area contributed by atoms with Crippen molar-refractivity contribution in [2.75, 3.05) is 0 Å². The lowest BCUT2D eigenvalue weighted by molar-refractivity contribution is 1.13. The third kappa shape index (κ3) is 3.14. The Morgan fingerprint density at radius 3 is 1.59 bits per heavy atom. The topological polar surface area (TPSA) is 60.4 Å². The Labute approximate surface area is 250 Å². The number of hydrogen-bond donors (Lipinski definition) is 0. The second-order valence-corrected chi connectivity index (χ2v) is 11.2. The molecule has 5 aromatic heterocycles. The van der Waals surface area contributed by atoms with Gasteiger partial charge in [-0.25, -0.2) is 19.9 Å². The second kappa shape index (κ2) is 8.69. The van der Waals surface area contributed by atoms with Gasteiger partial charge in [-0.15, -0.1) is 0 Å². The van der Waals surface area contributed by atoms with Gasteiger partial charge in [-0.1, -0.05) is 91.0 Å². The van der Waals surface area contributed by atoms with Gasteiger partial charge in [0, 0.05) is 50.6 Å². The van der Waals surface area contributed by atoms with E-state index in [2.05, 4.69) is 93.7 Å². The fraction of sp³-hybridized carbons (Fsp3) is 0.